The van der Waals surface area contributed by atoms with Crippen LogP contribution in [0.25, 0.3) is 0 Å². The Morgan fingerprint density at radius 2 is 2.10 bits per heavy atom. The van der Waals surface area contributed by atoms with E-state index in [1.54, 1.807) is 25.2 Å². The summed E-state index contributed by atoms with van der Waals surface area (Å²) in [7, 11) is 1.71. The summed E-state index contributed by atoms with van der Waals surface area (Å²) in [6.45, 7) is 0.230. The average molecular weight is 295 g/mol. The molecule has 0 aliphatic heterocycles. The molecule has 2 N–H and O–H groups in total. The van der Waals surface area contributed by atoms with Gasteiger partial charge in [-0.2, -0.15) is 0 Å². The number of carbonyl (C=O) groups excluding carboxylic acids is 1. The lowest BCUT2D eigenvalue weighted by molar-refractivity contribution is 0.0945. The van der Waals surface area contributed by atoms with Gasteiger partial charge in [-0.05, 0) is 29.8 Å². The number of nitrogens with one attached hydrogen (secondary N) is 2. The van der Waals surface area contributed by atoms with E-state index in [0.717, 1.165) is 0 Å². The molecule has 1 heterocycles. The summed E-state index contributed by atoms with van der Waals surface area (Å²) in [5.41, 5.74) is 0.904. The molecule has 0 unspecified atom stereocenters. The van der Waals surface area contributed by atoms with Gasteiger partial charge in [0, 0.05) is 13.6 Å². The van der Waals surface area contributed by atoms with Gasteiger partial charge < -0.3 is 10.6 Å². The van der Waals surface area contributed by atoms with Crippen molar-refractivity contribution in [1.82, 2.24) is 15.5 Å². The molecular formula is C13H12ClFN4O. The standard InChI is InChI=1S/C13H12ClFN4O/c1-16-12-5-4-11(18-19-12)13(20)17-7-8-2-3-10(15)9(14)6-8/h2-6H,7H2,1H3,(H,16,19)(H,17,20). The number of aromatic nitrogens is 2. The van der Waals surface area contributed by atoms with Gasteiger partial charge in [-0.3, -0.25) is 4.79 Å². The highest BCUT2D eigenvalue weighted by Crippen LogP contribution is 2.15. The monoisotopic (exact) mass is 294 g/mol. The molecule has 2 aromatic rings. The van der Waals surface area contributed by atoms with Crippen LogP contribution >= 0.6 is 11.6 Å². The second-order valence-electron chi connectivity index (χ2n) is 3.98. The summed E-state index contributed by atoms with van der Waals surface area (Å²) in [6.07, 6.45) is 0. The molecule has 0 aliphatic carbocycles. The highest BCUT2D eigenvalue weighted by Gasteiger charge is 2.08. The van der Waals surface area contributed by atoms with Crippen LogP contribution in [0.15, 0.2) is 30.3 Å². The molecule has 104 valence electrons. The van der Waals surface area contributed by atoms with Gasteiger partial charge in [0.15, 0.2) is 5.69 Å². The Bertz CT molecular complexity index is 618. The van der Waals surface area contributed by atoms with E-state index in [-0.39, 0.29) is 23.2 Å². The van der Waals surface area contributed by atoms with E-state index in [1.807, 2.05) is 0 Å². The lowest BCUT2D eigenvalue weighted by Crippen LogP contribution is -2.24. The first-order valence-corrected chi connectivity index (χ1v) is 6.21. The van der Waals surface area contributed by atoms with Gasteiger partial charge in [-0.25, -0.2) is 4.39 Å². The molecule has 0 radical (unpaired) electrons. The molecule has 0 bridgehead atoms. The lowest BCUT2D eigenvalue weighted by Gasteiger charge is -2.06. The molecule has 1 aromatic carbocycles. The minimum atomic E-state index is -0.490. The van der Waals surface area contributed by atoms with Crippen molar-refractivity contribution in [3.8, 4) is 0 Å². The molecule has 1 amide bonds. The van der Waals surface area contributed by atoms with Crippen LogP contribution in [0, 0.1) is 5.82 Å². The average Bonchev–Trinajstić information content (AvgIpc) is 2.48. The van der Waals surface area contributed by atoms with E-state index in [2.05, 4.69) is 20.8 Å². The zero-order valence-corrected chi connectivity index (χ0v) is 11.4. The maximum atomic E-state index is 13.0. The minimum absolute atomic E-state index is 0.0231. The van der Waals surface area contributed by atoms with Crippen molar-refractivity contribution in [2.45, 2.75) is 6.54 Å². The third kappa shape index (κ3) is 3.42. The van der Waals surface area contributed by atoms with E-state index >= 15 is 0 Å². The Hall–Kier alpha value is -2.21. The summed E-state index contributed by atoms with van der Waals surface area (Å²) in [5, 5.41) is 13.1. The van der Waals surface area contributed by atoms with Gasteiger partial charge in [0.05, 0.1) is 5.02 Å². The third-order valence-electron chi connectivity index (χ3n) is 2.59. The van der Waals surface area contributed by atoms with Crippen molar-refractivity contribution in [3.05, 3.63) is 52.4 Å². The predicted octanol–water partition coefficient (Wildman–Crippen LogP) is 2.24. The number of anilines is 1. The Morgan fingerprint density at radius 1 is 1.30 bits per heavy atom. The van der Waals surface area contributed by atoms with Crippen molar-refractivity contribution in [3.63, 3.8) is 0 Å². The Balaban J connectivity index is 1.98. The number of hydrogen-bond acceptors (Lipinski definition) is 4. The second-order valence-corrected chi connectivity index (χ2v) is 4.39. The van der Waals surface area contributed by atoms with Crippen LogP contribution in [0.5, 0.6) is 0 Å². The first-order valence-electron chi connectivity index (χ1n) is 5.84. The highest BCUT2D eigenvalue weighted by molar-refractivity contribution is 6.30. The number of nitrogens with zero attached hydrogens (tertiary/aromatic N) is 2. The van der Waals surface area contributed by atoms with Crippen molar-refractivity contribution in [1.29, 1.82) is 0 Å². The zero-order valence-electron chi connectivity index (χ0n) is 10.7. The van der Waals surface area contributed by atoms with E-state index < -0.39 is 5.82 Å². The molecule has 0 saturated carbocycles. The summed E-state index contributed by atoms with van der Waals surface area (Å²) >= 11 is 5.66. The number of benzene rings is 1. The van der Waals surface area contributed by atoms with Crippen LogP contribution in [-0.4, -0.2) is 23.2 Å². The summed E-state index contributed by atoms with van der Waals surface area (Å²) in [6, 6.07) is 7.48. The first-order chi connectivity index (χ1) is 9.60. The van der Waals surface area contributed by atoms with Gasteiger partial charge in [0.2, 0.25) is 0 Å². The molecule has 0 spiro atoms. The van der Waals surface area contributed by atoms with Crippen LogP contribution in [0.1, 0.15) is 16.1 Å². The van der Waals surface area contributed by atoms with Crippen molar-refractivity contribution in [2.75, 3.05) is 12.4 Å². The second kappa shape index (κ2) is 6.29. The summed E-state index contributed by atoms with van der Waals surface area (Å²) in [4.78, 5) is 11.8. The lowest BCUT2D eigenvalue weighted by atomic mass is 10.2. The molecule has 0 atom stereocenters. The summed E-state index contributed by atoms with van der Waals surface area (Å²) in [5.74, 6) is -0.275. The van der Waals surface area contributed by atoms with Gasteiger partial charge >= 0.3 is 0 Å². The normalized spacial score (nSPS) is 10.2. The molecule has 0 aliphatic rings. The largest absolute Gasteiger partial charge is 0.372 e. The number of amides is 1. The molecule has 2 rings (SSSR count). The molecule has 7 heteroatoms. The van der Waals surface area contributed by atoms with E-state index in [0.29, 0.717) is 11.4 Å². The first kappa shape index (κ1) is 14.2. The maximum Gasteiger partial charge on any atom is 0.272 e. The van der Waals surface area contributed by atoms with Crippen LogP contribution < -0.4 is 10.6 Å². The number of carbonyl (C=O) groups is 1. The smallest absolute Gasteiger partial charge is 0.272 e. The fourth-order valence-electron chi connectivity index (χ4n) is 1.51. The van der Waals surface area contributed by atoms with Crippen LogP contribution in [-0.2, 0) is 6.54 Å². The van der Waals surface area contributed by atoms with Crippen LogP contribution in [0.2, 0.25) is 5.02 Å². The predicted molar refractivity (Wildman–Crippen MR) is 74.2 cm³/mol. The van der Waals surface area contributed by atoms with E-state index in [9.17, 15) is 9.18 Å². The Morgan fingerprint density at radius 3 is 2.70 bits per heavy atom. The SMILES string of the molecule is CNc1ccc(C(=O)NCc2ccc(F)c(Cl)c2)nn1. The van der Waals surface area contributed by atoms with Gasteiger partial charge in [0.25, 0.3) is 5.91 Å². The van der Waals surface area contributed by atoms with E-state index in [4.69, 9.17) is 11.6 Å². The van der Waals surface area contributed by atoms with Gasteiger partial charge in [0.1, 0.15) is 11.6 Å². The summed E-state index contributed by atoms with van der Waals surface area (Å²) < 4.78 is 13.0. The number of hydrogen-bond donors (Lipinski definition) is 2. The van der Waals surface area contributed by atoms with E-state index in [1.165, 1.54) is 12.1 Å². The fourth-order valence-corrected chi connectivity index (χ4v) is 1.71. The molecule has 0 fully saturated rings. The van der Waals surface area contributed by atoms with Crippen LogP contribution in [0.3, 0.4) is 0 Å². The Kier molecular flexibility index (Phi) is 4.47. The van der Waals surface area contributed by atoms with Gasteiger partial charge in [-0.1, -0.05) is 17.7 Å². The quantitative estimate of drug-likeness (QED) is 0.907. The van der Waals surface area contributed by atoms with Crippen molar-refractivity contribution in [2.24, 2.45) is 0 Å². The van der Waals surface area contributed by atoms with Crippen molar-refractivity contribution < 1.29 is 9.18 Å². The minimum Gasteiger partial charge on any atom is -0.372 e. The topological polar surface area (TPSA) is 66.9 Å². The fraction of sp³-hybridized carbons (Fsp3) is 0.154. The highest BCUT2D eigenvalue weighted by atomic mass is 35.5. The molecular weight excluding hydrogens is 283 g/mol. The number of rotatable bonds is 4. The zero-order chi connectivity index (χ0) is 14.5. The number of halogens is 2. The van der Waals surface area contributed by atoms with Gasteiger partial charge in [-0.15, -0.1) is 10.2 Å². The molecule has 5 nitrogen and oxygen atoms in total. The van der Waals surface area contributed by atoms with Crippen molar-refractivity contribution >= 4 is 23.3 Å². The molecule has 0 saturated heterocycles. The Labute approximate surface area is 120 Å². The molecule has 20 heavy (non-hydrogen) atoms. The van der Waals surface area contributed by atoms with Crippen LogP contribution in [0.4, 0.5) is 10.2 Å². The third-order valence-corrected chi connectivity index (χ3v) is 2.88. The molecule has 1 aromatic heterocycles. The maximum absolute atomic E-state index is 13.0.